The Morgan fingerprint density at radius 2 is 1.82 bits per heavy atom. The van der Waals surface area contributed by atoms with E-state index in [4.69, 9.17) is 13.8 Å². The number of esters is 1. The van der Waals surface area contributed by atoms with Crippen molar-refractivity contribution in [2.75, 3.05) is 13.3 Å². The fourth-order valence-electron chi connectivity index (χ4n) is 3.75. The van der Waals surface area contributed by atoms with E-state index in [0.717, 1.165) is 0 Å². The molecule has 0 aliphatic heterocycles. The maximum atomic E-state index is 13.3. The third-order valence-corrected chi connectivity index (χ3v) is 7.97. The normalized spacial score (nSPS) is 18.2. The van der Waals surface area contributed by atoms with Crippen LogP contribution in [0.15, 0.2) is 28.8 Å². The summed E-state index contributed by atoms with van der Waals surface area (Å²) in [4.78, 5) is 17.0. The Morgan fingerprint density at radius 3 is 2.32 bits per heavy atom. The number of nitrogens with zero attached hydrogens (tertiary/aromatic N) is 2. The molecular weight excluding hydrogens is 472 g/mol. The molecule has 0 spiro atoms. The summed E-state index contributed by atoms with van der Waals surface area (Å²) in [7, 11) is -3.39. The van der Waals surface area contributed by atoms with Crippen molar-refractivity contribution in [2.45, 2.75) is 76.2 Å². The summed E-state index contributed by atoms with van der Waals surface area (Å²) in [5.41, 5.74) is -2.65. The van der Waals surface area contributed by atoms with Gasteiger partial charge in [0.1, 0.15) is 11.3 Å². The highest BCUT2D eigenvalue weighted by Gasteiger charge is 2.64. The highest BCUT2D eigenvalue weighted by Crippen LogP contribution is 2.58. The first kappa shape index (κ1) is 26.4. The fraction of sp³-hybridized carbons (Fsp3) is 0.609. The van der Waals surface area contributed by atoms with Crippen molar-refractivity contribution in [3.05, 3.63) is 47.1 Å². The molecule has 34 heavy (non-hydrogen) atoms. The molecule has 1 aromatic carbocycles. The monoisotopic (exact) mass is 502 g/mol. The van der Waals surface area contributed by atoms with Gasteiger partial charge < -0.3 is 13.8 Å². The van der Waals surface area contributed by atoms with Gasteiger partial charge in [0.25, 0.3) is 0 Å². The van der Waals surface area contributed by atoms with Crippen LogP contribution in [0.2, 0.25) is 0 Å². The van der Waals surface area contributed by atoms with E-state index in [9.17, 15) is 22.5 Å². The Kier molecular flexibility index (Phi) is 7.35. The van der Waals surface area contributed by atoms with E-state index in [1.54, 1.807) is 39.8 Å². The molecule has 0 N–H and O–H groups in total. The smallest absolute Gasteiger partial charge is 0.398 e. The highest BCUT2D eigenvalue weighted by atomic mass is 31.2. The zero-order valence-electron chi connectivity index (χ0n) is 19.9. The number of hydrogen-bond donors (Lipinski definition) is 0. The number of hydrogen-bond acceptors (Lipinski definition) is 7. The first-order chi connectivity index (χ1) is 15.7. The predicted molar refractivity (Wildman–Crippen MR) is 119 cm³/mol. The second-order valence-electron chi connectivity index (χ2n) is 9.64. The maximum absolute atomic E-state index is 13.3. The number of benzene rings is 1. The van der Waals surface area contributed by atoms with E-state index in [0.29, 0.717) is 11.4 Å². The third kappa shape index (κ3) is 6.08. The average Bonchev–Trinajstić information content (AvgIpc) is 3.41. The molecule has 1 heterocycles. The number of carbonyl (C=O) groups is 1. The van der Waals surface area contributed by atoms with Crippen molar-refractivity contribution < 1.29 is 36.3 Å². The fourth-order valence-corrected chi connectivity index (χ4v) is 5.37. The van der Waals surface area contributed by atoms with Crippen LogP contribution in [0.1, 0.15) is 63.4 Å². The Balaban J connectivity index is 1.72. The van der Waals surface area contributed by atoms with E-state index >= 15 is 0 Å². The molecule has 0 bridgehead atoms. The van der Waals surface area contributed by atoms with E-state index in [1.807, 2.05) is 0 Å². The van der Waals surface area contributed by atoms with E-state index in [2.05, 4.69) is 10.1 Å². The summed E-state index contributed by atoms with van der Waals surface area (Å²) in [6.07, 6.45) is -3.95. The van der Waals surface area contributed by atoms with Crippen LogP contribution >= 0.6 is 7.37 Å². The lowest BCUT2D eigenvalue weighted by Crippen LogP contribution is -2.33. The molecule has 188 valence electrons. The summed E-state index contributed by atoms with van der Waals surface area (Å²) in [6, 6.07) is 6.22. The Morgan fingerprint density at radius 1 is 1.21 bits per heavy atom. The van der Waals surface area contributed by atoms with Crippen molar-refractivity contribution in [1.29, 1.82) is 0 Å². The van der Waals surface area contributed by atoms with Gasteiger partial charge in [-0.15, -0.1) is 0 Å². The molecule has 1 fully saturated rings. The summed E-state index contributed by atoms with van der Waals surface area (Å²) in [6.45, 7) is 8.33. The topological polar surface area (TPSA) is 91.5 Å². The summed E-state index contributed by atoms with van der Waals surface area (Å²) in [5, 5.41) is 3.90. The first-order valence-corrected chi connectivity index (χ1v) is 13.2. The molecule has 1 aromatic heterocycles. The van der Waals surface area contributed by atoms with E-state index in [-0.39, 0.29) is 43.7 Å². The zero-order valence-corrected chi connectivity index (χ0v) is 20.8. The van der Waals surface area contributed by atoms with E-state index in [1.165, 1.54) is 18.8 Å². The minimum Gasteiger partial charge on any atom is -0.459 e. The van der Waals surface area contributed by atoms with E-state index < -0.39 is 36.2 Å². The number of alkyl halides is 3. The predicted octanol–water partition coefficient (Wildman–Crippen LogP) is 5.45. The van der Waals surface area contributed by atoms with Crippen LogP contribution in [0, 0.1) is 0 Å². The van der Waals surface area contributed by atoms with Crippen molar-refractivity contribution in [3.63, 3.8) is 0 Å². The van der Waals surface area contributed by atoms with Crippen molar-refractivity contribution in [3.8, 4) is 0 Å². The number of halogens is 3. The second kappa shape index (κ2) is 9.46. The molecule has 11 heteroatoms. The molecule has 7 nitrogen and oxygen atoms in total. The average molecular weight is 502 g/mol. The molecule has 2 atom stereocenters. The van der Waals surface area contributed by atoms with Crippen molar-refractivity contribution in [1.82, 2.24) is 10.1 Å². The Hall–Kier alpha value is -2.19. The standard InChI is InChI=1S/C23H30F3N2O5P/c1-6-31-34(5,30)17(20(29)32-21(2,3)4)14-19-27-18(28-33-19)13-15-7-9-16(10-8-15)22(11-12-22)23(24,25)26/h7-10,17H,6,11-14H2,1-5H3. The molecule has 0 saturated heterocycles. The van der Waals surface area contributed by atoms with Gasteiger partial charge in [0.05, 0.1) is 12.0 Å². The molecule has 1 aliphatic carbocycles. The van der Waals surface area contributed by atoms with Gasteiger partial charge >= 0.3 is 12.1 Å². The largest absolute Gasteiger partial charge is 0.459 e. The van der Waals surface area contributed by atoms with Crippen molar-refractivity contribution in [2.24, 2.45) is 0 Å². The van der Waals surface area contributed by atoms with Gasteiger partial charge in [-0.25, -0.2) is 0 Å². The number of carbonyl (C=O) groups excluding carboxylic acids is 1. The lowest BCUT2D eigenvalue weighted by molar-refractivity contribution is -0.160. The van der Waals surface area contributed by atoms with Gasteiger partial charge in [0.2, 0.25) is 13.3 Å². The molecule has 2 aromatic rings. The minimum absolute atomic E-state index is 0.0956. The van der Waals surface area contributed by atoms with Gasteiger partial charge in [-0.1, -0.05) is 29.4 Å². The molecule has 2 unspecified atom stereocenters. The summed E-state index contributed by atoms with van der Waals surface area (Å²) >= 11 is 0. The lowest BCUT2D eigenvalue weighted by Gasteiger charge is -2.26. The SMILES string of the molecule is CCOP(C)(=O)C(Cc1nc(Cc2ccc(C3(C(F)(F)F)CC3)cc2)no1)C(=O)OC(C)(C)C. The van der Waals surface area contributed by atoms with Gasteiger partial charge in [-0.05, 0) is 51.7 Å². The van der Waals surface area contributed by atoms with Crippen LogP contribution < -0.4 is 0 Å². The van der Waals surface area contributed by atoms with Crippen LogP contribution in [-0.4, -0.2) is 46.8 Å². The maximum Gasteiger partial charge on any atom is 0.398 e. The lowest BCUT2D eigenvalue weighted by atomic mass is 9.94. The Bertz CT molecular complexity index is 1060. The molecule has 1 aliphatic rings. The van der Waals surface area contributed by atoms with Gasteiger partial charge in [-0.2, -0.15) is 18.2 Å². The Labute approximate surface area is 196 Å². The molecular formula is C23H30F3N2O5P. The van der Waals surface area contributed by atoms with Gasteiger partial charge in [0.15, 0.2) is 5.82 Å². The zero-order chi connectivity index (χ0) is 25.4. The molecule has 1 saturated carbocycles. The first-order valence-electron chi connectivity index (χ1n) is 11.1. The van der Waals surface area contributed by atoms with Crippen LogP contribution in [-0.2, 0) is 36.9 Å². The number of aromatic nitrogens is 2. The van der Waals surface area contributed by atoms with Crippen LogP contribution in [0.3, 0.4) is 0 Å². The number of ether oxygens (including phenoxy) is 1. The summed E-state index contributed by atoms with van der Waals surface area (Å²) in [5.74, 6) is -0.288. The quantitative estimate of drug-likeness (QED) is 0.333. The molecule has 3 rings (SSSR count). The molecule has 0 radical (unpaired) electrons. The third-order valence-electron chi connectivity index (χ3n) is 5.67. The van der Waals surface area contributed by atoms with Crippen LogP contribution in [0.25, 0.3) is 0 Å². The van der Waals surface area contributed by atoms with Gasteiger partial charge in [0, 0.05) is 19.5 Å². The highest BCUT2D eigenvalue weighted by molar-refractivity contribution is 7.60. The van der Waals surface area contributed by atoms with Crippen molar-refractivity contribution >= 4 is 13.3 Å². The van der Waals surface area contributed by atoms with Crippen LogP contribution in [0.5, 0.6) is 0 Å². The number of rotatable bonds is 9. The van der Waals surface area contributed by atoms with Crippen LogP contribution in [0.4, 0.5) is 13.2 Å². The summed E-state index contributed by atoms with van der Waals surface area (Å²) < 4.78 is 69.0. The second-order valence-corrected chi connectivity index (χ2v) is 12.3. The van der Waals surface area contributed by atoms with Gasteiger partial charge in [-0.3, -0.25) is 9.36 Å². The molecule has 0 amide bonds. The minimum atomic E-state index is -4.26.